The zero-order valence-electron chi connectivity index (χ0n) is 14.4. The van der Waals surface area contributed by atoms with Gasteiger partial charge in [0.15, 0.2) is 0 Å². The van der Waals surface area contributed by atoms with Crippen LogP contribution in [0, 0.1) is 0 Å². The number of carbonyl (C=O) groups excluding carboxylic acids is 3. The molecule has 0 spiro atoms. The second kappa shape index (κ2) is 7.23. The Morgan fingerprint density at radius 3 is 2.40 bits per heavy atom. The minimum Gasteiger partial charge on any atom is -0.339 e. The number of nitrogens with zero attached hydrogens (tertiary/aromatic N) is 3. The number of likely N-dealkylation sites (tertiary alicyclic amines) is 1. The van der Waals surface area contributed by atoms with Crippen LogP contribution < -0.4 is 5.73 Å². The summed E-state index contributed by atoms with van der Waals surface area (Å²) in [6.45, 7) is 4.16. The molecule has 134 valence electrons. The Morgan fingerprint density at radius 2 is 1.72 bits per heavy atom. The third kappa shape index (κ3) is 3.51. The zero-order valence-corrected chi connectivity index (χ0v) is 14.4. The van der Waals surface area contributed by atoms with Crippen molar-refractivity contribution in [2.24, 2.45) is 5.73 Å². The molecule has 0 aromatic heterocycles. The maximum absolute atomic E-state index is 12.6. The van der Waals surface area contributed by atoms with Gasteiger partial charge in [-0.3, -0.25) is 14.4 Å². The predicted octanol–water partition coefficient (Wildman–Crippen LogP) is -0.370. The molecule has 2 heterocycles. The average molecular weight is 344 g/mol. The highest BCUT2D eigenvalue weighted by atomic mass is 16.2. The van der Waals surface area contributed by atoms with Crippen LogP contribution in [-0.2, 0) is 14.4 Å². The lowest BCUT2D eigenvalue weighted by atomic mass is 9.95. The minimum absolute atomic E-state index is 0.0592. The Labute approximate surface area is 147 Å². The lowest BCUT2D eigenvalue weighted by Gasteiger charge is -2.33. The molecule has 7 heteroatoms. The van der Waals surface area contributed by atoms with Crippen molar-refractivity contribution in [2.75, 3.05) is 39.3 Å². The lowest BCUT2D eigenvalue weighted by Crippen LogP contribution is -2.56. The quantitative estimate of drug-likeness (QED) is 0.755. The standard InChI is InChI=1S/C18H24N4O3/c1-2-20-8-9-21(18(25)17(20)24)12-16(23)22-10-14(15(19)11-22)13-6-4-3-5-7-13/h3-7,14-15H,2,8-12,19H2,1H3/t14-,15+/m0/s1. The first-order valence-electron chi connectivity index (χ1n) is 8.67. The Balaban J connectivity index is 1.61. The number of piperazine rings is 1. The molecule has 2 saturated heterocycles. The van der Waals surface area contributed by atoms with Crippen LogP contribution in [0.2, 0.25) is 0 Å². The molecule has 0 unspecified atom stereocenters. The van der Waals surface area contributed by atoms with Crippen LogP contribution in [0.25, 0.3) is 0 Å². The number of amides is 3. The highest BCUT2D eigenvalue weighted by molar-refractivity contribution is 6.35. The number of likely N-dealkylation sites (N-methyl/N-ethyl adjacent to an activating group) is 1. The van der Waals surface area contributed by atoms with Crippen molar-refractivity contribution in [2.45, 2.75) is 18.9 Å². The molecular weight excluding hydrogens is 320 g/mol. The highest BCUT2D eigenvalue weighted by Gasteiger charge is 2.37. The molecular formula is C18H24N4O3. The summed E-state index contributed by atoms with van der Waals surface area (Å²) in [5, 5.41) is 0. The molecule has 0 bridgehead atoms. The van der Waals surface area contributed by atoms with E-state index in [0.29, 0.717) is 32.7 Å². The molecule has 7 nitrogen and oxygen atoms in total. The predicted molar refractivity (Wildman–Crippen MR) is 92.6 cm³/mol. The maximum atomic E-state index is 12.6. The average Bonchev–Trinajstić information content (AvgIpc) is 3.02. The number of rotatable bonds is 4. The van der Waals surface area contributed by atoms with E-state index in [4.69, 9.17) is 5.73 Å². The Kier molecular flexibility index (Phi) is 5.03. The van der Waals surface area contributed by atoms with Crippen molar-refractivity contribution in [1.82, 2.24) is 14.7 Å². The fraction of sp³-hybridized carbons (Fsp3) is 0.500. The van der Waals surface area contributed by atoms with Crippen LogP contribution in [0.3, 0.4) is 0 Å². The molecule has 0 radical (unpaired) electrons. The van der Waals surface area contributed by atoms with Gasteiger partial charge in [0.2, 0.25) is 5.91 Å². The number of hydrogen-bond acceptors (Lipinski definition) is 4. The second-order valence-electron chi connectivity index (χ2n) is 6.59. The third-order valence-electron chi connectivity index (χ3n) is 5.05. The first kappa shape index (κ1) is 17.4. The van der Waals surface area contributed by atoms with E-state index in [1.54, 1.807) is 4.90 Å². The number of nitrogens with two attached hydrogens (primary N) is 1. The van der Waals surface area contributed by atoms with Crippen molar-refractivity contribution in [3.63, 3.8) is 0 Å². The maximum Gasteiger partial charge on any atom is 0.312 e. The Bertz CT molecular complexity index is 664. The molecule has 2 aliphatic rings. The van der Waals surface area contributed by atoms with Gasteiger partial charge in [-0.05, 0) is 12.5 Å². The largest absolute Gasteiger partial charge is 0.339 e. The molecule has 3 amide bonds. The summed E-state index contributed by atoms with van der Waals surface area (Å²) in [5.74, 6) is -1.18. The Morgan fingerprint density at radius 1 is 1.08 bits per heavy atom. The van der Waals surface area contributed by atoms with Gasteiger partial charge >= 0.3 is 11.8 Å². The second-order valence-corrected chi connectivity index (χ2v) is 6.59. The van der Waals surface area contributed by atoms with Crippen molar-refractivity contribution >= 4 is 17.7 Å². The Hall–Kier alpha value is -2.41. The van der Waals surface area contributed by atoms with Gasteiger partial charge in [0.05, 0.1) is 0 Å². The van der Waals surface area contributed by atoms with Gasteiger partial charge < -0.3 is 20.4 Å². The topological polar surface area (TPSA) is 86.9 Å². The third-order valence-corrected chi connectivity index (χ3v) is 5.05. The van der Waals surface area contributed by atoms with Crippen molar-refractivity contribution in [3.05, 3.63) is 35.9 Å². The fourth-order valence-electron chi connectivity index (χ4n) is 3.52. The van der Waals surface area contributed by atoms with Crippen molar-refractivity contribution < 1.29 is 14.4 Å². The molecule has 2 aliphatic heterocycles. The summed E-state index contributed by atoms with van der Waals surface area (Å²) in [5.41, 5.74) is 7.34. The molecule has 2 atom stereocenters. The van der Waals surface area contributed by atoms with Gasteiger partial charge in [0.1, 0.15) is 6.54 Å². The van der Waals surface area contributed by atoms with E-state index < -0.39 is 11.8 Å². The van der Waals surface area contributed by atoms with Gasteiger partial charge in [0, 0.05) is 44.7 Å². The van der Waals surface area contributed by atoms with Gasteiger partial charge in [-0.1, -0.05) is 30.3 Å². The van der Waals surface area contributed by atoms with Crippen molar-refractivity contribution in [3.8, 4) is 0 Å². The highest BCUT2D eigenvalue weighted by Crippen LogP contribution is 2.26. The molecule has 0 aliphatic carbocycles. The number of hydrogen-bond donors (Lipinski definition) is 1. The SMILES string of the molecule is CCN1CCN(CC(=O)N2C[C@@H](N)[C@H](c3ccccc3)C2)C(=O)C1=O. The first-order chi connectivity index (χ1) is 12.0. The van der Waals surface area contributed by atoms with Crippen LogP contribution in [0.5, 0.6) is 0 Å². The van der Waals surface area contributed by atoms with Gasteiger partial charge in [-0.15, -0.1) is 0 Å². The van der Waals surface area contributed by atoms with Crippen LogP contribution in [0.1, 0.15) is 18.4 Å². The molecule has 1 aromatic carbocycles. The monoisotopic (exact) mass is 344 g/mol. The summed E-state index contributed by atoms with van der Waals surface area (Å²) < 4.78 is 0. The minimum atomic E-state index is -0.593. The molecule has 1 aromatic rings. The smallest absolute Gasteiger partial charge is 0.312 e. The summed E-state index contributed by atoms with van der Waals surface area (Å²) in [4.78, 5) is 41.2. The molecule has 25 heavy (non-hydrogen) atoms. The van der Waals surface area contributed by atoms with E-state index in [2.05, 4.69) is 0 Å². The van der Waals surface area contributed by atoms with Crippen LogP contribution in [-0.4, -0.2) is 77.7 Å². The first-order valence-corrected chi connectivity index (χ1v) is 8.67. The van der Waals surface area contributed by atoms with Gasteiger partial charge in [-0.25, -0.2) is 0 Å². The molecule has 0 saturated carbocycles. The zero-order chi connectivity index (χ0) is 18.0. The molecule has 2 fully saturated rings. The van der Waals surface area contributed by atoms with Crippen LogP contribution >= 0.6 is 0 Å². The normalized spacial score (nSPS) is 24.2. The van der Waals surface area contributed by atoms with Gasteiger partial charge in [-0.2, -0.15) is 0 Å². The molecule has 2 N–H and O–H groups in total. The van der Waals surface area contributed by atoms with E-state index >= 15 is 0 Å². The van der Waals surface area contributed by atoms with E-state index in [9.17, 15) is 14.4 Å². The lowest BCUT2D eigenvalue weighted by molar-refractivity contribution is -0.157. The van der Waals surface area contributed by atoms with Crippen LogP contribution in [0.4, 0.5) is 0 Å². The van der Waals surface area contributed by atoms with Crippen LogP contribution in [0.15, 0.2) is 30.3 Å². The fourth-order valence-corrected chi connectivity index (χ4v) is 3.52. The summed E-state index contributed by atoms with van der Waals surface area (Å²) >= 11 is 0. The number of benzene rings is 1. The number of carbonyl (C=O) groups is 3. The summed E-state index contributed by atoms with van der Waals surface area (Å²) in [7, 11) is 0. The summed E-state index contributed by atoms with van der Waals surface area (Å²) in [6.07, 6.45) is 0. The van der Waals surface area contributed by atoms with Gasteiger partial charge in [0.25, 0.3) is 0 Å². The van der Waals surface area contributed by atoms with E-state index in [0.717, 1.165) is 5.56 Å². The van der Waals surface area contributed by atoms with E-state index in [1.807, 2.05) is 37.3 Å². The van der Waals surface area contributed by atoms with E-state index in [1.165, 1.54) is 9.80 Å². The van der Waals surface area contributed by atoms with E-state index in [-0.39, 0.29) is 24.4 Å². The van der Waals surface area contributed by atoms with Crippen molar-refractivity contribution in [1.29, 1.82) is 0 Å². The summed E-state index contributed by atoms with van der Waals surface area (Å²) in [6, 6.07) is 9.79. The molecule has 3 rings (SSSR count).